The SMILES string of the molecule is CC(C)(C)S(=O)C[C@@H](Cc1cc(F)cc(Cl)c1)c1ncccc1-c1cccc(C#N)c1. The fourth-order valence-electron chi connectivity index (χ4n) is 3.42. The summed E-state index contributed by atoms with van der Waals surface area (Å²) in [6, 6.07) is 17.7. The first-order chi connectivity index (χ1) is 14.7. The summed E-state index contributed by atoms with van der Waals surface area (Å²) in [4.78, 5) is 4.64. The Kier molecular flexibility index (Phi) is 7.25. The molecule has 0 saturated carbocycles. The van der Waals surface area contributed by atoms with Crippen molar-refractivity contribution in [2.45, 2.75) is 37.9 Å². The van der Waals surface area contributed by atoms with Crippen LogP contribution in [0, 0.1) is 17.1 Å². The molecule has 0 aliphatic heterocycles. The first-order valence-electron chi connectivity index (χ1n) is 9.96. The monoisotopic (exact) mass is 454 g/mol. The van der Waals surface area contributed by atoms with Crippen LogP contribution in [0.1, 0.15) is 43.5 Å². The number of pyridine rings is 1. The lowest BCUT2D eigenvalue weighted by Gasteiger charge is -2.24. The van der Waals surface area contributed by atoms with Gasteiger partial charge in [0.25, 0.3) is 0 Å². The summed E-state index contributed by atoms with van der Waals surface area (Å²) in [7, 11) is -1.14. The van der Waals surface area contributed by atoms with Gasteiger partial charge in [-0.05, 0) is 74.7 Å². The number of rotatable bonds is 6. The minimum Gasteiger partial charge on any atom is -0.260 e. The van der Waals surface area contributed by atoms with Crippen molar-refractivity contribution in [3.63, 3.8) is 0 Å². The van der Waals surface area contributed by atoms with Crippen LogP contribution in [0.5, 0.6) is 0 Å². The summed E-state index contributed by atoms with van der Waals surface area (Å²) in [5, 5.41) is 9.62. The summed E-state index contributed by atoms with van der Waals surface area (Å²) in [5.74, 6) is -0.249. The minimum atomic E-state index is -1.14. The summed E-state index contributed by atoms with van der Waals surface area (Å²) in [6.07, 6.45) is 2.15. The van der Waals surface area contributed by atoms with E-state index in [0.29, 0.717) is 22.8 Å². The van der Waals surface area contributed by atoms with E-state index >= 15 is 0 Å². The smallest absolute Gasteiger partial charge is 0.124 e. The fourth-order valence-corrected chi connectivity index (χ4v) is 4.81. The summed E-state index contributed by atoms with van der Waals surface area (Å²) < 4.78 is 26.6. The van der Waals surface area contributed by atoms with Crippen molar-refractivity contribution < 1.29 is 8.60 Å². The quantitative estimate of drug-likeness (QED) is 0.440. The molecule has 1 heterocycles. The molecule has 3 nitrogen and oxygen atoms in total. The molecule has 2 aromatic carbocycles. The average Bonchev–Trinajstić information content (AvgIpc) is 2.72. The minimum absolute atomic E-state index is 0.222. The molecule has 0 N–H and O–H groups in total. The van der Waals surface area contributed by atoms with Gasteiger partial charge in [0, 0.05) is 44.0 Å². The van der Waals surface area contributed by atoms with E-state index in [-0.39, 0.29) is 5.92 Å². The van der Waals surface area contributed by atoms with Gasteiger partial charge >= 0.3 is 0 Å². The van der Waals surface area contributed by atoms with Crippen LogP contribution < -0.4 is 0 Å². The van der Waals surface area contributed by atoms with Crippen LogP contribution in [-0.4, -0.2) is 19.7 Å². The Hall–Kier alpha value is -2.55. The van der Waals surface area contributed by atoms with Gasteiger partial charge < -0.3 is 0 Å². The second-order valence-corrected chi connectivity index (χ2v) is 11.1. The maximum Gasteiger partial charge on any atom is 0.124 e. The highest BCUT2D eigenvalue weighted by Crippen LogP contribution is 2.33. The topological polar surface area (TPSA) is 53.8 Å². The number of halogens is 2. The molecular formula is C25H24ClFN2OS. The van der Waals surface area contributed by atoms with E-state index in [0.717, 1.165) is 22.4 Å². The van der Waals surface area contributed by atoms with Crippen LogP contribution in [0.15, 0.2) is 60.8 Å². The zero-order chi connectivity index (χ0) is 22.6. The molecule has 3 aromatic rings. The fraction of sp³-hybridized carbons (Fsp3) is 0.280. The Bertz CT molecular complexity index is 1130. The third-order valence-corrected chi connectivity index (χ3v) is 7.26. The molecule has 3 rings (SSSR count). The highest BCUT2D eigenvalue weighted by atomic mass is 35.5. The first-order valence-corrected chi connectivity index (χ1v) is 11.7. The lowest BCUT2D eigenvalue weighted by molar-refractivity contribution is 0.619. The van der Waals surface area contributed by atoms with Crippen molar-refractivity contribution >= 4 is 22.4 Å². The number of hydrogen-bond acceptors (Lipinski definition) is 3. The molecule has 0 spiro atoms. The molecule has 0 bridgehead atoms. The van der Waals surface area contributed by atoms with Crippen molar-refractivity contribution in [2.24, 2.45) is 0 Å². The third kappa shape index (κ3) is 6.00. The standard InChI is InChI=1S/C25H24ClFN2OS/c1-25(2,3)31(30)16-20(11-18-12-21(26)14-22(27)13-18)24-23(8-5-9-29-24)19-7-4-6-17(10-19)15-28/h4-10,12-14,20H,11,16H2,1-3H3/t20-,31?/m1/s1. The Labute approximate surface area is 190 Å². The summed E-state index contributed by atoms with van der Waals surface area (Å²) in [5.41, 5.74) is 3.79. The van der Waals surface area contributed by atoms with Gasteiger partial charge in [-0.15, -0.1) is 0 Å². The number of nitrogens with zero attached hydrogens (tertiary/aromatic N) is 2. The van der Waals surface area contributed by atoms with Gasteiger partial charge in [0.1, 0.15) is 5.82 Å². The zero-order valence-electron chi connectivity index (χ0n) is 17.7. The van der Waals surface area contributed by atoms with Crippen LogP contribution in [0.3, 0.4) is 0 Å². The van der Waals surface area contributed by atoms with Crippen LogP contribution in [0.4, 0.5) is 4.39 Å². The van der Waals surface area contributed by atoms with Gasteiger partial charge in [0.2, 0.25) is 0 Å². The number of hydrogen-bond donors (Lipinski definition) is 0. The lowest BCUT2D eigenvalue weighted by Crippen LogP contribution is -2.28. The van der Waals surface area contributed by atoms with Crippen LogP contribution in [-0.2, 0) is 17.2 Å². The highest BCUT2D eigenvalue weighted by molar-refractivity contribution is 7.86. The maximum absolute atomic E-state index is 14.0. The normalized spacial score (nSPS) is 13.4. The average molecular weight is 455 g/mol. The largest absolute Gasteiger partial charge is 0.260 e. The first kappa shape index (κ1) is 23.1. The molecule has 160 valence electrons. The van der Waals surface area contributed by atoms with Crippen LogP contribution in [0.25, 0.3) is 11.1 Å². The Morgan fingerprint density at radius 1 is 1.16 bits per heavy atom. The Morgan fingerprint density at radius 3 is 2.61 bits per heavy atom. The van der Waals surface area contributed by atoms with Crippen LogP contribution >= 0.6 is 11.6 Å². The molecule has 0 fully saturated rings. The van der Waals surface area contributed by atoms with Gasteiger partial charge in [-0.2, -0.15) is 5.26 Å². The van der Waals surface area contributed by atoms with E-state index < -0.39 is 21.4 Å². The molecule has 31 heavy (non-hydrogen) atoms. The van der Waals surface area contributed by atoms with Crippen molar-refractivity contribution in [1.29, 1.82) is 5.26 Å². The van der Waals surface area contributed by atoms with E-state index in [4.69, 9.17) is 11.6 Å². The molecule has 6 heteroatoms. The third-order valence-electron chi connectivity index (χ3n) is 4.97. The van der Waals surface area contributed by atoms with Crippen molar-refractivity contribution in [3.8, 4) is 17.2 Å². The number of aromatic nitrogens is 1. The van der Waals surface area contributed by atoms with Crippen molar-refractivity contribution in [1.82, 2.24) is 4.98 Å². The summed E-state index contributed by atoms with van der Waals surface area (Å²) >= 11 is 6.07. The predicted molar refractivity (Wildman–Crippen MR) is 125 cm³/mol. The van der Waals surface area contributed by atoms with Gasteiger partial charge in [-0.1, -0.05) is 29.8 Å². The molecule has 0 radical (unpaired) electrons. The van der Waals surface area contributed by atoms with E-state index in [1.54, 1.807) is 18.3 Å². The van der Waals surface area contributed by atoms with Crippen molar-refractivity contribution in [2.75, 3.05) is 5.75 Å². The van der Waals surface area contributed by atoms with E-state index in [1.165, 1.54) is 12.1 Å². The maximum atomic E-state index is 14.0. The molecule has 0 aliphatic rings. The molecule has 1 unspecified atom stereocenters. The molecular weight excluding hydrogens is 431 g/mol. The predicted octanol–water partition coefficient (Wildman–Crippen LogP) is 6.29. The molecule has 0 aliphatic carbocycles. The summed E-state index contributed by atoms with van der Waals surface area (Å²) in [6.45, 7) is 5.82. The second-order valence-electron chi connectivity index (χ2n) is 8.43. The van der Waals surface area contributed by atoms with E-state index in [1.807, 2.05) is 51.1 Å². The van der Waals surface area contributed by atoms with Crippen LogP contribution in [0.2, 0.25) is 5.02 Å². The van der Waals surface area contributed by atoms with E-state index in [9.17, 15) is 13.9 Å². The Balaban J connectivity index is 2.09. The van der Waals surface area contributed by atoms with E-state index in [2.05, 4.69) is 11.1 Å². The van der Waals surface area contributed by atoms with Crippen molar-refractivity contribution in [3.05, 3.63) is 88.5 Å². The second kappa shape index (κ2) is 9.72. The molecule has 1 aromatic heterocycles. The van der Waals surface area contributed by atoms with Gasteiger partial charge in [-0.3, -0.25) is 9.19 Å². The number of benzene rings is 2. The lowest BCUT2D eigenvalue weighted by atomic mass is 9.91. The molecule has 0 amide bonds. The highest BCUT2D eigenvalue weighted by Gasteiger charge is 2.27. The Morgan fingerprint density at radius 2 is 1.94 bits per heavy atom. The number of nitriles is 1. The van der Waals surface area contributed by atoms with Gasteiger partial charge in [0.15, 0.2) is 0 Å². The zero-order valence-corrected chi connectivity index (χ0v) is 19.3. The molecule has 2 atom stereocenters. The van der Waals surface area contributed by atoms with Gasteiger partial charge in [-0.25, -0.2) is 4.39 Å². The van der Waals surface area contributed by atoms with Gasteiger partial charge in [0.05, 0.1) is 17.3 Å². The molecule has 0 saturated heterocycles.